The van der Waals surface area contributed by atoms with Crippen LogP contribution in [0.25, 0.3) is 5.69 Å². The Bertz CT molecular complexity index is 510. The average Bonchev–Trinajstić information content (AvgIpc) is 2.69. The van der Waals surface area contributed by atoms with Gasteiger partial charge in [-0.1, -0.05) is 23.7 Å². The summed E-state index contributed by atoms with van der Waals surface area (Å²) in [7, 11) is 0. The minimum absolute atomic E-state index is 0.658. The molecule has 0 saturated carbocycles. The molecule has 0 bridgehead atoms. The number of hydrogen-bond acceptors (Lipinski definition) is 2. The number of aryl methyl sites for hydroxylation is 1. The van der Waals surface area contributed by atoms with E-state index in [0.29, 0.717) is 11.7 Å². The first-order chi connectivity index (χ1) is 8.24. The second kappa shape index (κ2) is 5.67. The van der Waals surface area contributed by atoms with Crippen molar-refractivity contribution in [1.82, 2.24) is 9.78 Å². The zero-order chi connectivity index (χ0) is 12.3. The van der Waals surface area contributed by atoms with Gasteiger partial charge >= 0.3 is 0 Å². The molecule has 0 aliphatic carbocycles. The first-order valence-corrected chi connectivity index (χ1v) is 6.58. The number of aromatic nitrogens is 2. The van der Waals surface area contributed by atoms with Gasteiger partial charge in [-0.25, -0.2) is 4.68 Å². The van der Waals surface area contributed by atoms with E-state index in [2.05, 4.69) is 21.0 Å². The Hall–Kier alpha value is -0.840. The van der Waals surface area contributed by atoms with Crippen molar-refractivity contribution in [2.45, 2.75) is 12.8 Å². The predicted molar refractivity (Wildman–Crippen MR) is 73.6 cm³/mol. The van der Waals surface area contributed by atoms with Gasteiger partial charge in [-0.3, -0.25) is 0 Å². The summed E-state index contributed by atoms with van der Waals surface area (Å²) in [6.07, 6.45) is 3.58. The van der Waals surface area contributed by atoms with Gasteiger partial charge in [0.15, 0.2) is 0 Å². The van der Waals surface area contributed by atoms with E-state index in [1.165, 1.54) is 0 Å². The number of benzene rings is 1. The molecule has 0 atom stereocenters. The van der Waals surface area contributed by atoms with Crippen LogP contribution in [-0.4, -0.2) is 16.3 Å². The van der Waals surface area contributed by atoms with Gasteiger partial charge in [-0.15, -0.1) is 0 Å². The van der Waals surface area contributed by atoms with Crippen LogP contribution in [-0.2, 0) is 6.42 Å². The maximum absolute atomic E-state index is 6.31. The van der Waals surface area contributed by atoms with Gasteiger partial charge in [0.1, 0.15) is 5.15 Å². The lowest BCUT2D eigenvalue weighted by molar-refractivity contribution is 0.831. The molecule has 1 aromatic carbocycles. The van der Waals surface area contributed by atoms with E-state index in [1.54, 1.807) is 10.9 Å². The van der Waals surface area contributed by atoms with Crippen LogP contribution in [0.1, 0.15) is 12.0 Å². The summed E-state index contributed by atoms with van der Waals surface area (Å²) >= 11 is 9.79. The molecule has 0 aliphatic heterocycles. The van der Waals surface area contributed by atoms with E-state index in [-0.39, 0.29) is 0 Å². The fourth-order valence-corrected chi connectivity index (χ4v) is 2.35. The number of para-hydroxylation sites is 1. The maximum atomic E-state index is 6.31. The highest BCUT2D eigenvalue weighted by atomic mass is 79.9. The predicted octanol–water partition coefficient (Wildman–Crippen LogP) is 3.18. The van der Waals surface area contributed by atoms with Crippen LogP contribution in [0.15, 0.2) is 34.9 Å². The molecule has 1 aromatic heterocycles. The summed E-state index contributed by atoms with van der Waals surface area (Å²) in [6, 6.07) is 7.85. The average molecular weight is 315 g/mol. The largest absolute Gasteiger partial charge is 0.330 e. The molecule has 0 unspecified atom stereocenters. The third-order valence-corrected chi connectivity index (χ3v) is 3.58. The third kappa shape index (κ3) is 2.70. The Balaban J connectivity index is 2.34. The molecule has 3 nitrogen and oxygen atoms in total. The van der Waals surface area contributed by atoms with Crippen LogP contribution in [0, 0.1) is 0 Å². The fraction of sp³-hybridized carbons (Fsp3) is 0.250. The zero-order valence-corrected chi connectivity index (χ0v) is 11.6. The molecular formula is C12H13BrClN3. The highest BCUT2D eigenvalue weighted by Crippen LogP contribution is 2.26. The summed E-state index contributed by atoms with van der Waals surface area (Å²) in [6.45, 7) is 0.663. The first kappa shape index (κ1) is 12.6. The van der Waals surface area contributed by atoms with Crippen molar-refractivity contribution in [2.24, 2.45) is 5.73 Å². The molecule has 0 amide bonds. The lowest BCUT2D eigenvalue weighted by Crippen LogP contribution is -2.01. The Morgan fingerprint density at radius 3 is 2.82 bits per heavy atom. The second-order valence-electron chi connectivity index (χ2n) is 3.72. The van der Waals surface area contributed by atoms with Gasteiger partial charge in [0.2, 0.25) is 0 Å². The number of rotatable bonds is 4. The fourth-order valence-electron chi connectivity index (χ4n) is 1.62. The molecule has 5 heteroatoms. The molecule has 0 aliphatic rings. The van der Waals surface area contributed by atoms with Gasteiger partial charge in [0, 0.05) is 10.0 Å². The van der Waals surface area contributed by atoms with Gasteiger partial charge in [-0.05, 0) is 47.4 Å². The Kier molecular flexibility index (Phi) is 4.20. The Morgan fingerprint density at radius 1 is 1.35 bits per heavy atom. The number of nitrogens with zero attached hydrogens (tertiary/aromatic N) is 2. The molecule has 0 fully saturated rings. The first-order valence-electron chi connectivity index (χ1n) is 5.41. The van der Waals surface area contributed by atoms with Crippen LogP contribution in [0.2, 0.25) is 5.15 Å². The van der Waals surface area contributed by atoms with Crippen LogP contribution < -0.4 is 5.73 Å². The molecular weight excluding hydrogens is 302 g/mol. The van der Waals surface area contributed by atoms with Crippen LogP contribution >= 0.6 is 27.5 Å². The zero-order valence-electron chi connectivity index (χ0n) is 9.24. The third-order valence-electron chi connectivity index (χ3n) is 2.51. The van der Waals surface area contributed by atoms with Crippen molar-refractivity contribution in [3.63, 3.8) is 0 Å². The molecule has 1 heterocycles. The smallest absolute Gasteiger partial charge is 0.136 e. The SMILES string of the molecule is NCCCc1cnn(-c2ccccc2Br)c1Cl. The Labute approximate surface area is 114 Å². The van der Waals surface area contributed by atoms with E-state index in [9.17, 15) is 0 Å². The van der Waals surface area contributed by atoms with Crippen molar-refractivity contribution in [3.8, 4) is 5.69 Å². The summed E-state index contributed by atoms with van der Waals surface area (Å²) in [5.74, 6) is 0. The second-order valence-corrected chi connectivity index (χ2v) is 4.93. The number of nitrogens with two attached hydrogens (primary N) is 1. The molecule has 17 heavy (non-hydrogen) atoms. The van der Waals surface area contributed by atoms with Crippen LogP contribution in [0.5, 0.6) is 0 Å². The van der Waals surface area contributed by atoms with E-state index in [4.69, 9.17) is 17.3 Å². The van der Waals surface area contributed by atoms with Crippen molar-refractivity contribution in [2.75, 3.05) is 6.54 Å². The standard InChI is InChI=1S/C12H13BrClN3/c13-10-5-1-2-6-11(10)17-12(14)9(8-16-17)4-3-7-15/h1-2,5-6,8H,3-4,7,15H2. The number of hydrogen-bond donors (Lipinski definition) is 1. The molecule has 2 N–H and O–H groups in total. The highest BCUT2D eigenvalue weighted by molar-refractivity contribution is 9.10. The maximum Gasteiger partial charge on any atom is 0.136 e. The van der Waals surface area contributed by atoms with Crippen molar-refractivity contribution < 1.29 is 0 Å². The molecule has 2 aromatic rings. The van der Waals surface area contributed by atoms with Crippen LogP contribution in [0.3, 0.4) is 0 Å². The quantitative estimate of drug-likeness (QED) is 0.942. The van der Waals surface area contributed by atoms with Crippen molar-refractivity contribution in [1.29, 1.82) is 0 Å². The van der Waals surface area contributed by atoms with E-state index in [0.717, 1.165) is 28.6 Å². The van der Waals surface area contributed by atoms with Gasteiger partial charge in [0.05, 0.1) is 11.9 Å². The van der Waals surface area contributed by atoms with E-state index >= 15 is 0 Å². The van der Waals surface area contributed by atoms with Gasteiger partial charge < -0.3 is 5.73 Å². The minimum atomic E-state index is 0.658. The van der Waals surface area contributed by atoms with Crippen molar-refractivity contribution in [3.05, 3.63) is 45.7 Å². The van der Waals surface area contributed by atoms with E-state index < -0.39 is 0 Å². The molecule has 0 spiro atoms. The van der Waals surface area contributed by atoms with Crippen LogP contribution in [0.4, 0.5) is 0 Å². The highest BCUT2D eigenvalue weighted by Gasteiger charge is 2.11. The molecule has 90 valence electrons. The molecule has 0 radical (unpaired) electrons. The molecule has 0 saturated heterocycles. The van der Waals surface area contributed by atoms with E-state index in [1.807, 2.05) is 24.3 Å². The normalized spacial score (nSPS) is 10.8. The monoisotopic (exact) mass is 313 g/mol. The minimum Gasteiger partial charge on any atom is -0.330 e. The molecule has 2 rings (SSSR count). The van der Waals surface area contributed by atoms with Crippen molar-refractivity contribution >= 4 is 27.5 Å². The summed E-state index contributed by atoms with van der Waals surface area (Å²) in [5.41, 5.74) is 7.47. The summed E-state index contributed by atoms with van der Waals surface area (Å²) in [5, 5.41) is 4.97. The Morgan fingerprint density at radius 2 is 2.12 bits per heavy atom. The topological polar surface area (TPSA) is 43.8 Å². The lowest BCUT2D eigenvalue weighted by Gasteiger charge is -2.05. The lowest BCUT2D eigenvalue weighted by atomic mass is 10.2. The number of halogens is 2. The summed E-state index contributed by atoms with van der Waals surface area (Å²) < 4.78 is 2.70. The van der Waals surface area contributed by atoms with Gasteiger partial charge in [0.25, 0.3) is 0 Å². The van der Waals surface area contributed by atoms with Gasteiger partial charge in [-0.2, -0.15) is 5.10 Å². The summed E-state index contributed by atoms with van der Waals surface area (Å²) in [4.78, 5) is 0.